The van der Waals surface area contributed by atoms with Gasteiger partial charge in [-0.15, -0.1) is 0 Å². The second-order valence-electron chi connectivity index (χ2n) is 5.06. The summed E-state index contributed by atoms with van der Waals surface area (Å²) >= 11 is 0. The van der Waals surface area contributed by atoms with Crippen LogP contribution in [0.5, 0.6) is 0 Å². The van der Waals surface area contributed by atoms with Gasteiger partial charge in [0, 0.05) is 24.6 Å². The highest BCUT2D eigenvalue weighted by Gasteiger charge is 2.16. The molecule has 0 radical (unpaired) electrons. The molecule has 3 nitrogen and oxygen atoms in total. The van der Waals surface area contributed by atoms with Gasteiger partial charge in [0.25, 0.3) is 0 Å². The van der Waals surface area contributed by atoms with Gasteiger partial charge in [0.15, 0.2) is 0 Å². The van der Waals surface area contributed by atoms with E-state index in [-0.39, 0.29) is 0 Å². The predicted molar refractivity (Wildman–Crippen MR) is 72.6 cm³/mol. The van der Waals surface area contributed by atoms with Gasteiger partial charge in [0.2, 0.25) is 0 Å². The average molecular weight is 241 g/mol. The molecule has 0 aliphatic heterocycles. The van der Waals surface area contributed by atoms with E-state index in [1.54, 1.807) is 6.20 Å². The summed E-state index contributed by atoms with van der Waals surface area (Å²) in [4.78, 5) is 4.06. The lowest BCUT2D eigenvalue weighted by Crippen LogP contribution is -2.26. The van der Waals surface area contributed by atoms with Crippen molar-refractivity contribution in [1.82, 2.24) is 14.9 Å². The molecule has 0 unspecified atom stereocenters. The molecule has 1 heterocycles. The number of benzene rings is 1. The Labute approximate surface area is 108 Å². The van der Waals surface area contributed by atoms with Gasteiger partial charge < -0.3 is 9.88 Å². The number of hydrogen-bond donors (Lipinski definition) is 1. The van der Waals surface area contributed by atoms with Crippen molar-refractivity contribution < 1.29 is 0 Å². The van der Waals surface area contributed by atoms with Crippen LogP contribution in [0.2, 0.25) is 0 Å². The predicted octanol–water partition coefficient (Wildman–Crippen LogP) is 2.76. The van der Waals surface area contributed by atoms with Crippen LogP contribution >= 0.6 is 0 Å². The molecule has 1 aliphatic carbocycles. The fourth-order valence-electron chi connectivity index (χ4n) is 2.32. The summed E-state index contributed by atoms with van der Waals surface area (Å²) in [5.74, 6) is 0.926. The van der Waals surface area contributed by atoms with E-state index in [0.717, 1.165) is 18.2 Å². The van der Waals surface area contributed by atoms with Crippen LogP contribution in [0.1, 0.15) is 24.8 Å². The molecule has 1 saturated carbocycles. The third kappa shape index (κ3) is 2.62. The molecule has 0 bridgehead atoms. The number of hydrogen-bond acceptors (Lipinski definition) is 2. The summed E-state index contributed by atoms with van der Waals surface area (Å²) in [7, 11) is 0. The van der Waals surface area contributed by atoms with Crippen LogP contribution in [0, 0.1) is 5.92 Å². The lowest BCUT2D eigenvalue weighted by atomic mass is 9.85. The normalized spacial score (nSPS) is 15.6. The van der Waals surface area contributed by atoms with Crippen molar-refractivity contribution in [3.63, 3.8) is 0 Å². The number of nitrogens with zero attached hydrogens (tertiary/aromatic N) is 2. The van der Waals surface area contributed by atoms with Gasteiger partial charge in [0.05, 0.1) is 6.33 Å². The molecule has 94 valence electrons. The van der Waals surface area contributed by atoms with E-state index in [1.807, 2.05) is 17.1 Å². The quantitative estimate of drug-likeness (QED) is 0.872. The Morgan fingerprint density at radius 1 is 1.22 bits per heavy atom. The summed E-state index contributed by atoms with van der Waals surface area (Å²) in [6.45, 7) is 2.14. The van der Waals surface area contributed by atoms with Gasteiger partial charge in [-0.1, -0.05) is 18.6 Å². The topological polar surface area (TPSA) is 29.9 Å². The summed E-state index contributed by atoms with van der Waals surface area (Å²) in [5, 5.41) is 3.54. The first-order valence-electron chi connectivity index (χ1n) is 6.70. The van der Waals surface area contributed by atoms with Crippen LogP contribution in [0.25, 0.3) is 5.69 Å². The Morgan fingerprint density at radius 2 is 2.06 bits per heavy atom. The highest BCUT2D eigenvalue weighted by molar-refractivity contribution is 5.34. The van der Waals surface area contributed by atoms with Gasteiger partial charge in [0.1, 0.15) is 0 Å². The monoisotopic (exact) mass is 241 g/mol. The summed E-state index contributed by atoms with van der Waals surface area (Å²) < 4.78 is 2.02. The fourth-order valence-corrected chi connectivity index (χ4v) is 2.32. The average Bonchev–Trinajstić information content (AvgIpc) is 2.87. The largest absolute Gasteiger partial charge is 0.312 e. The minimum absolute atomic E-state index is 0.926. The minimum Gasteiger partial charge on any atom is -0.312 e. The molecule has 0 saturated heterocycles. The Hall–Kier alpha value is -1.61. The Balaban J connectivity index is 1.54. The maximum atomic E-state index is 4.06. The molecule has 1 aliphatic rings. The molecule has 1 aromatic carbocycles. The number of imidazole rings is 1. The van der Waals surface area contributed by atoms with Crippen molar-refractivity contribution in [1.29, 1.82) is 0 Å². The summed E-state index contributed by atoms with van der Waals surface area (Å²) in [6, 6.07) is 8.65. The van der Waals surface area contributed by atoms with Crippen LogP contribution in [0.15, 0.2) is 43.0 Å². The number of nitrogens with one attached hydrogen (secondary N) is 1. The molecule has 1 fully saturated rings. The summed E-state index contributed by atoms with van der Waals surface area (Å²) in [6.07, 6.45) is 9.83. The highest BCUT2D eigenvalue weighted by Crippen LogP contribution is 2.25. The van der Waals surface area contributed by atoms with E-state index in [4.69, 9.17) is 0 Å². The standard InChI is InChI=1S/C15H19N3/c1-2-13(3-1)10-17-11-14-4-6-15(7-5-14)18-9-8-16-12-18/h4-9,12-13,17H,1-3,10-11H2. The fraction of sp³-hybridized carbons (Fsp3) is 0.400. The van der Waals surface area contributed by atoms with Crippen molar-refractivity contribution in [2.24, 2.45) is 5.92 Å². The molecule has 0 spiro atoms. The van der Waals surface area contributed by atoms with E-state index in [1.165, 1.54) is 31.4 Å². The lowest BCUT2D eigenvalue weighted by Gasteiger charge is -2.25. The van der Waals surface area contributed by atoms with Crippen molar-refractivity contribution in [2.45, 2.75) is 25.8 Å². The van der Waals surface area contributed by atoms with Crippen molar-refractivity contribution in [3.05, 3.63) is 48.5 Å². The highest BCUT2D eigenvalue weighted by atomic mass is 15.0. The summed E-state index contributed by atoms with van der Waals surface area (Å²) in [5.41, 5.74) is 2.51. The molecule has 18 heavy (non-hydrogen) atoms. The smallest absolute Gasteiger partial charge is 0.0991 e. The second kappa shape index (κ2) is 5.36. The van der Waals surface area contributed by atoms with Crippen LogP contribution in [-0.2, 0) is 6.54 Å². The maximum Gasteiger partial charge on any atom is 0.0991 e. The van der Waals surface area contributed by atoms with Gasteiger partial charge in [-0.3, -0.25) is 0 Å². The third-order valence-corrected chi connectivity index (χ3v) is 3.73. The lowest BCUT2D eigenvalue weighted by molar-refractivity contribution is 0.301. The van der Waals surface area contributed by atoms with Crippen LogP contribution in [0.3, 0.4) is 0 Å². The molecule has 1 N–H and O–H groups in total. The molecular formula is C15H19N3. The molecule has 3 rings (SSSR count). The van der Waals surface area contributed by atoms with Crippen molar-refractivity contribution in [2.75, 3.05) is 6.54 Å². The van der Waals surface area contributed by atoms with E-state index < -0.39 is 0 Å². The second-order valence-corrected chi connectivity index (χ2v) is 5.06. The molecule has 1 aromatic heterocycles. The van der Waals surface area contributed by atoms with Crippen LogP contribution < -0.4 is 5.32 Å². The Bertz CT molecular complexity index is 469. The Morgan fingerprint density at radius 3 is 2.67 bits per heavy atom. The maximum absolute atomic E-state index is 4.06. The molecular weight excluding hydrogens is 222 g/mol. The van der Waals surface area contributed by atoms with Gasteiger partial charge in [-0.2, -0.15) is 0 Å². The van der Waals surface area contributed by atoms with Crippen molar-refractivity contribution >= 4 is 0 Å². The van der Waals surface area contributed by atoms with Gasteiger partial charge in [-0.05, 0) is 43.0 Å². The van der Waals surface area contributed by atoms with E-state index in [0.29, 0.717) is 0 Å². The van der Waals surface area contributed by atoms with Crippen LogP contribution in [-0.4, -0.2) is 16.1 Å². The SMILES string of the molecule is c1cn(-c2ccc(CNCC3CCC3)cc2)cn1. The molecule has 0 amide bonds. The first-order valence-corrected chi connectivity index (χ1v) is 6.70. The zero-order valence-corrected chi connectivity index (χ0v) is 10.5. The Kier molecular flexibility index (Phi) is 3.42. The van der Waals surface area contributed by atoms with Gasteiger partial charge in [-0.25, -0.2) is 4.98 Å². The van der Waals surface area contributed by atoms with E-state index in [9.17, 15) is 0 Å². The minimum atomic E-state index is 0.926. The molecule has 0 atom stereocenters. The third-order valence-electron chi connectivity index (χ3n) is 3.73. The number of rotatable bonds is 5. The first kappa shape index (κ1) is 11.5. The first-order chi connectivity index (χ1) is 8.92. The van der Waals surface area contributed by atoms with Crippen LogP contribution in [0.4, 0.5) is 0 Å². The zero-order valence-electron chi connectivity index (χ0n) is 10.5. The molecule has 3 heteroatoms. The van der Waals surface area contributed by atoms with Crippen molar-refractivity contribution in [3.8, 4) is 5.69 Å². The van der Waals surface area contributed by atoms with Gasteiger partial charge >= 0.3 is 0 Å². The molecule has 2 aromatic rings. The number of aromatic nitrogens is 2. The van der Waals surface area contributed by atoms with E-state index in [2.05, 4.69) is 34.6 Å². The zero-order chi connectivity index (χ0) is 12.2. The van der Waals surface area contributed by atoms with E-state index >= 15 is 0 Å².